The number of aryl methyl sites for hydroxylation is 3. The van der Waals surface area contributed by atoms with Gasteiger partial charge in [0.1, 0.15) is 5.82 Å². The van der Waals surface area contributed by atoms with Crippen LogP contribution in [0.2, 0.25) is 0 Å². The van der Waals surface area contributed by atoms with Crippen LogP contribution in [-0.2, 0) is 25.7 Å². The van der Waals surface area contributed by atoms with E-state index in [1.54, 1.807) is 0 Å². The van der Waals surface area contributed by atoms with Crippen molar-refractivity contribution in [1.29, 1.82) is 0 Å². The molecule has 0 saturated heterocycles. The predicted molar refractivity (Wildman–Crippen MR) is 126 cm³/mol. The van der Waals surface area contributed by atoms with Crippen LogP contribution in [-0.4, -0.2) is 30.7 Å². The fourth-order valence-corrected chi connectivity index (χ4v) is 4.69. The van der Waals surface area contributed by atoms with Gasteiger partial charge in [-0.1, -0.05) is 18.2 Å². The number of hydrogen-bond acceptors (Lipinski definition) is 5. The van der Waals surface area contributed by atoms with E-state index in [2.05, 4.69) is 15.1 Å². The lowest BCUT2D eigenvalue weighted by atomic mass is 10.0. The third-order valence-electron chi connectivity index (χ3n) is 6.86. The number of alkyl halides is 3. The second-order valence-corrected chi connectivity index (χ2v) is 9.09. The van der Waals surface area contributed by atoms with Gasteiger partial charge in [0.2, 0.25) is 0 Å². The molecule has 0 atom stereocenters. The van der Waals surface area contributed by atoms with E-state index in [1.807, 2.05) is 50.8 Å². The van der Waals surface area contributed by atoms with Crippen LogP contribution in [0.15, 0.2) is 35.3 Å². The molecular formula is C25H25F3N6O. The molecule has 10 heteroatoms. The van der Waals surface area contributed by atoms with Crippen molar-refractivity contribution < 1.29 is 13.2 Å². The SMILES string of the molecule is Cc1cccc(C)c1Cn1nc2nc(N3CCc4ncc(C(F)(F)F)cc4C3)c(C)c(C)n2c1=O. The van der Waals surface area contributed by atoms with Gasteiger partial charge in [-0.15, -0.1) is 5.10 Å². The summed E-state index contributed by atoms with van der Waals surface area (Å²) in [5.41, 5.74) is 4.85. The smallest absolute Gasteiger partial charge is 0.351 e. The summed E-state index contributed by atoms with van der Waals surface area (Å²) in [5, 5.41) is 4.51. The zero-order chi connectivity index (χ0) is 25.1. The largest absolute Gasteiger partial charge is 0.417 e. The van der Waals surface area contributed by atoms with Gasteiger partial charge >= 0.3 is 11.9 Å². The second-order valence-electron chi connectivity index (χ2n) is 9.09. The number of rotatable bonds is 3. The number of hydrogen-bond donors (Lipinski definition) is 0. The van der Waals surface area contributed by atoms with Crippen LogP contribution < -0.4 is 10.6 Å². The Balaban J connectivity index is 1.54. The topological polar surface area (TPSA) is 68.3 Å². The van der Waals surface area contributed by atoms with E-state index in [4.69, 9.17) is 0 Å². The molecule has 0 fully saturated rings. The first-order chi connectivity index (χ1) is 16.5. The molecule has 1 aromatic carbocycles. The minimum Gasteiger partial charge on any atom is -0.351 e. The number of halogens is 3. The van der Waals surface area contributed by atoms with Crippen LogP contribution in [0.4, 0.5) is 19.0 Å². The van der Waals surface area contributed by atoms with Gasteiger partial charge in [-0.05, 0) is 56.0 Å². The van der Waals surface area contributed by atoms with Gasteiger partial charge in [-0.3, -0.25) is 4.98 Å². The fourth-order valence-electron chi connectivity index (χ4n) is 4.69. The fraction of sp³-hybridized carbons (Fsp3) is 0.360. The lowest BCUT2D eigenvalue weighted by molar-refractivity contribution is -0.137. The number of anilines is 1. The van der Waals surface area contributed by atoms with Crippen LogP contribution in [0.3, 0.4) is 0 Å². The maximum Gasteiger partial charge on any atom is 0.417 e. The number of aromatic nitrogens is 5. The van der Waals surface area contributed by atoms with E-state index in [-0.39, 0.29) is 18.0 Å². The number of benzene rings is 1. The minimum absolute atomic E-state index is 0.253. The van der Waals surface area contributed by atoms with Crippen LogP contribution in [0.5, 0.6) is 0 Å². The van der Waals surface area contributed by atoms with Gasteiger partial charge in [0, 0.05) is 42.7 Å². The first kappa shape index (κ1) is 23.1. The molecule has 4 aromatic rings. The molecule has 0 N–H and O–H groups in total. The number of fused-ring (bicyclic) bond motifs is 2. The molecule has 0 spiro atoms. The molecule has 1 aliphatic rings. The van der Waals surface area contributed by atoms with Crippen molar-refractivity contribution in [3.63, 3.8) is 0 Å². The normalized spacial score (nSPS) is 14.0. The molecule has 7 nitrogen and oxygen atoms in total. The highest BCUT2D eigenvalue weighted by atomic mass is 19.4. The van der Waals surface area contributed by atoms with Gasteiger partial charge in [0.25, 0.3) is 5.78 Å². The standard InChI is InChI=1S/C25H25F3N6O/c1-14-6-5-7-15(2)20(14)13-33-24(35)34-17(4)16(3)22(30-23(34)31-33)32-9-8-21-18(12-32)10-19(11-29-21)25(26,27)28/h5-7,10-11H,8-9,12-13H2,1-4H3. The Hall–Kier alpha value is -3.69. The first-order valence-corrected chi connectivity index (χ1v) is 11.4. The van der Waals surface area contributed by atoms with Gasteiger partial charge < -0.3 is 4.90 Å². The highest BCUT2D eigenvalue weighted by molar-refractivity contribution is 5.55. The minimum atomic E-state index is -4.45. The van der Waals surface area contributed by atoms with E-state index < -0.39 is 11.7 Å². The average Bonchev–Trinajstić information content (AvgIpc) is 3.12. The van der Waals surface area contributed by atoms with Crippen molar-refractivity contribution in [1.82, 2.24) is 24.1 Å². The molecule has 1 aliphatic heterocycles. The van der Waals surface area contributed by atoms with E-state index in [0.717, 1.165) is 28.5 Å². The summed E-state index contributed by atoms with van der Waals surface area (Å²) < 4.78 is 42.5. The molecule has 0 aliphatic carbocycles. The predicted octanol–water partition coefficient (Wildman–Crippen LogP) is 4.15. The first-order valence-electron chi connectivity index (χ1n) is 11.4. The maximum atomic E-state index is 13.2. The highest BCUT2D eigenvalue weighted by Gasteiger charge is 2.33. The molecule has 0 radical (unpaired) electrons. The van der Waals surface area contributed by atoms with Crippen molar-refractivity contribution >= 4 is 11.6 Å². The van der Waals surface area contributed by atoms with Crippen LogP contribution in [0.1, 0.15) is 44.8 Å². The van der Waals surface area contributed by atoms with Gasteiger partial charge in [0.05, 0.1) is 12.1 Å². The summed E-state index contributed by atoms with van der Waals surface area (Å²) in [6, 6.07) is 7.15. The molecule has 0 unspecified atom stereocenters. The quantitative estimate of drug-likeness (QED) is 0.439. The summed E-state index contributed by atoms with van der Waals surface area (Å²) in [6.07, 6.45) is -3.05. The van der Waals surface area contributed by atoms with Crippen LogP contribution >= 0.6 is 0 Å². The Labute approximate surface area is 199 Å². The maximum absolute atomic E-state index is 13.2. The van der Waals surface area contributed by atoms with Crippen molar-refractivity contribution in [3.05, 3.63) is 85.7 Å². The molecule has 182 valence electrons. The lowest BCUT2D eigenvalue weighted by Crippen LogP contribution is -2.33. The molecular weight excluding hydrogens is 457 g/mol. The Morgan fingerprint density at radius 1 is 1.09 bits per heavy atom. The third-order valence-corrected chi connectivity index (χ3v) is 6.86. The highest BCUT2D eigenvalue weighted by Crippen LogP contribution is 2.32. The van der Waals surface area contributed by atoms with Crippen molar-refractivity contribution in [2.75, 3.05) is 11.4 Å². The van der Waals surface area contributed by atoms with E-state index >= 15 is 0 Å². The Morgan fingerprint density at radius 2 is 1.80 bits per heavy atom. The van der Waals surface area contributed by atoms with Crippen molar-refractivity contribution in [2.24, 2.45) is 0 Å². The lowest BCUT2D eigenvalue weighted by Gasteiger charge is -2.31. The molecule has 4 heterocycles. The summed E-state index contributed by atoms with van der Waals surface area (Å²) in [7, 11) is 0. The molecule has 5 rings (SSSR count). The summed E-state index contributed by atoms with van der Waals surface area (Å²) in [6.45, 7) is 8.85. The Morgan fingerprint density at radius 3 is 2.49 bits per heavy atom. The molecule has 35 heavy (non-hydrogen) atoms. The summed E-state index contributed by atoms with van der Waals surface area (Å²) >= 11 is 0. The third kappa shape index (κ3) is 3.96. The Kier molecular flexibility index (Phi) is 5.41. The molecule has 0 saturated carbocycles. The zero-order valence-corrected chi connectivity index (χ0v) is 19.9. The van der Waals surface area contributed by atoms with E-state index in [9.17, 15) is 18.0 Å². The second kappa shape index (κ2) is 8.21. The van der Waals surface area contributed by atoms with E-state index in [0.29, 0.717) is 42.3 Å². The van der Waals surface area contributed by atoms with Gasteiger partial charge in [-0.2, -0.15) is 18.2 Å². The molecule has 0 amide bonds. The van der Waals surface area contributed by atoms with E-state index in [1.165, 1.54) is 15.1 Å². The number of nitrogens with zero attached hydrogens (tertiary/aromatic N) is 6. The average molecular weight is 483 g/mol. The van der Waals surface area contributed by atoms with Crippen molar-refractivity contribution in [3.8, 4) is 0 Å². The van der Waals surface area contributed by atoms with Gasteiger partial charge in [0.15, 0.2) is 0 Å². The summed E-state index contributed by atoms with van der Waals surface area (Å²) in [4.78, 5) is 23.9. The van der Waals surface area contributed by atoms with Crippen molar-refractivity contribution in [2.45, 2.75) is 53.4 Å². The Bertz CT molecular complexity index is 1500. The summed E-state index contributed by atoms with van der Waals surface area (Å²) in [5.74, 6) is 0.884. The molecule has 0 bridgehead atoms. The number of pyridine rings is 1. The van der Waals surface area contributed by atoms with Crippen LogP contribution in [0, 0.1) is 27.7 Å². The zero-order valence-electron chi connectivity index (χ0n) is 19.9. The van der Waals surface area contributed by atoms with Crippen LogP contribution in [0.25, 0.3) is 5.78 Å². The molecule has 3 aromatic heterocycles. The monoisotopic (exact) mass is 482 g/mol. The van der Waals surface area contributed by atoms with Gasteiger partial charge in [-0.25, -0.2) is 13.9 Å².